The molecule has 2 heterocycles. The van der Waals surface area contributed by atoms with Crippen molar-refractivity contribution in [1.82, 2.24) is 9.97 Å². The fraction of sp³-hybridized carbons (Fsp3) is 0.0588. The summed E-state index contributed by atoms with van der Waals surface area (Å²) in [5.74, 6) is 1.86. The number of nitrogen functional groups attached to an aromatic ring is 2. The molecule has 114 valence electrons. The minimum absolute atomic E-state index is 0.144. The molecule has 0 saturated heterocycles. The monoisotopic (exact) mass is 306 g/mol. The second kappa shape index (κ2) is 5.17. The first-order chi connectivity index (χ1) is 11.2. The van der Waals surface area contributed by atoms with E-state index in [0.29, 0.717) is 23.0 Å². The lowest BCUT2D eigenvalue weighted by atomic mass is 9.99. The number of benzene rings is 2. The van der Waals surface area contributed by atoms with Crippen molar-refractivity contribution in [2.24, 2.45) is 0 Å². The summed E-state index contributed by atoms with van der Waals surface area (Å²) >= 11 is 0. The molecular formula is C17H14N4O2. The molecule has 0 fully saturated rings. The predicted octanol–water partition coefficient (Wildman–Crippen LogP) is 2.70. The van der Waals surface area contributed by atoms with E-state index in [1.54, 1.807) is 0 Å². The van der Waals surface area contributed by atoms with Gasteiger partial charge in [-0.25, -0.2) is 4.98 Å². The lowest BCUT2D eigenvalue weighted by Crippen LogP contribution is -2.04. The highest BCUT2D eigenvalue weighted by Crippen LogP contribution is 2.40. The molecule has 2 aromatic carbocycles. The van der Waals surface area contributed by atoms with Crippen LogP contribution in [0.15, 0.2) is 48.5 Å². The summed E-state index contributed by atoms with van der Waals surface area (Å²) in [7, 11) is 0. The first kappa shape index (κ1) is 13.4. The van der Waals surface area contributed by atoms with Gasteiger partial charge < -0.3 is 20.9 Å². The molecule has 1 aromatic heterocycles. The number of nitrogens with two attached hydrogens (primary N) is 2. The molecule has 6 nitrogen and oxygen atoms in total. The normalized spacial score (nSPS) is 12.3. The maximum atomic E-state index is 6.13. The average Bonchev–Trinajstić information content (AvgIpc) is 3.02. The number of hydrogen-bond donors (Lipinski definition) is 2. The van der Waals surface area contributed by atoms with Gasteiger partial charge in [-0.1, -0.05) is 36.4 Å². The van der Waals surface area contributed by atoms with Gasteiger partial charge in [0.2, 0.25) is 12.7 Å². The van der Waals surface area contributed by atoms with Crippen LogP contribution in [0.1, 0.15) is 0 Å². The molecule has 0 amide bonds. The van der Waals surface area contributed by atoms with Crippen LogP contribution in [0.2, 0.25) is 0 Å². The van der Waals surface area contributed by atoms with Crippen LogP contribution in [-0.2, 0) is 0 Å². The van der Waals surface area contributed by atoms with Crippen molar-refractivity contribution in [2.45, 2.75) is 0 Å². The largest absolute Gasteiger partial charge is 0.454 e. The molecule has 4 N–H and O–H groups in total. The van der Waals surface area contributed by atoms with Gasteiger partial charge in [-0.15, -0.1) is 0 Å². The number of aromatic nitrogens is 2. The molecule has 6 heteroatoms. The number of ether oxygens (including phenoxy) is 2. The average molecular weight is 306 g/mol. The minimum Gasteiger partial charge on any atom is -0.454 e. The van der Waals surface area contributed by atoms with E-state index >= 15 is 0 Å². The summed E-state index contributed by atoms with van der Waals surface area (Å²) in [6.07, 6.45) is 0. The Kier molecular flexibility index (Phi) is 3.01. The van der Waals surface area contributed by atoms with E-state index in [2.05, 4.69) is 9.97 Å². The Hall–Kier alpha value is -3.28. The zero-order valence-corrected chi connectivity index (χ0v) is 12.2. The van der Waals surface area contributed by atoms with Crippen molar-refractivity contribution in [3.05, 3.63) is 48.5 Å². The zero-order chi connectivity index (χ0) is 15.8. The topological polar surface area (TPSA) is 96.3 Å². The Balaban J connectivity index is 1.94. The van der Waals surface area contributed by atoms with Gasteiger partial charge in [0.15, 0.2) is 11.5 Å². The van der Waals surface area contributed by atoms with Gasteiger partial charge in [0.1, 0.15) is 5.82 Å². The van der Waals surface area contributed by atoms with Crippen LogP contribution < -0.4 is 20.9 Å². The highest BCUT2D eigenvalue weighted by Gasteiger charge is 2.19. The molecular weight excluding hydrogens is 292 g/mol. The molecule has 0 radical (unpaired) electrons. The molecule has 0 spiro atoms. The second-order valence-electron chi connectivity index (χ2n) is 5.12. The number of fused-ring (bicyclic) bond motifs is 1. The Morgan fingerprint density at radius 2 is 1.61 bits per heavy atom. The quantitative estimate of drug-likeness (QED) is 0.755. The standard InChI is InChI=1S/C17H14N4O2/c18-16-14(11-6-7-12-13(8-11)23-9-22-12)15(20-17(19)21-16)10-4-2-1-3-5-10/h1-8H,9H2,(H4,18,19,20,21). The van der Waals surface area contributed by atoms with Crippen LogP contribution in [-0.4, -0.2) is 16.8 Å². The molecule has 1 aliphatic heterocycles. The smallest absolute Gasteiger partial charge is 0.231 e. The fourth-order valence-electron chi connectivity index (χ4n) is 2.64. The molecule has 0 unspecified atom stereocenters. The van der Waals surface area contributed by atoms with Gasteiger partial charge in [0.05, 0.1) is 11.3 Å². The minimum atomic E-state index is 0.144. The van der Waals surface area contributed by atoms with Crippen molar-refractivity contribution in [3.8, 4) is 33.9 Å². The fourth-order valence-corrected chi connectivity index (χ4v) is 2.64. The Morgan fingerprint density at radius 3 is 2.43 bits per heavy atom. The third-order valence-electron chi connectivity index (χ3n) is 3.66. The summed E-state index contributed by atoms with van der Waals surface area (Å²) in [5.41, 5.74) is 15.1. The Bertz CT molecular complexity index is 881. The lowest BCUT2D eigenvalue weighted by molar-refractivity contribution is 0.174. The zero-order valence-electron chi connectivity index (χ0n) is 12.2. The maximum absolute atomic E-state index is 6.13. The molecule has 0 atom stereocenters. The summed E-state index contributed by atoms with van der Waals surface area (Å²) < 4.78 is 10.8. The molecule has 23 heavy (non-hydrogen) atoms. The van der Waals surface area contributed by atoms with E-state index in [4.69, 9.17) is 20.9 Å². The van der Waals surface area contributed by atoms with Crippen LogP contribution in [0.25, 0.3) is 22.4 Å². The van der Waals surface area contributed by atoms with Crippen LogP contribution >= 0.6 is 0 Å². The van der Waals surface area contributed by atoms with E-state index < -0.39 is 0 Å². The van der Waals surface area contributed by atoms with Gasteiger partial charge in [-0.05, 0) is 17.7 Å². The molecule has 0 aliphatic carbocycles. The van der Waals surface area contributed by atoms with E-state index in [1.165, 1.54) is 0 Å². The number of rotatable bonds is 2. The van der Waals surface area contributed by atoms with Crippen LogP contribution in [0.4, 0.5) is 11.8 Å². The van der Waals surface area contributed by atoms with Crippen molar-refractivity contribution >= 4 is 11.8 Å². The van der Waals surface area contributed by atoms with Crippen LogP contribution in [0.5, 0.6) is 11.5 Å². The van der Waals surface area contributed by atoms with Gasteiger partial charge in [0.25, 0.3) is 0 Å². The third kappa shape index (κ3) is 2.30. The number of anilines is 2. The Morgan fingerprint density at radius 1 is 0.826 bits per heavy atom. The summed E-state index contributed by atoms with van der Waals surface area (Å²) in [6, 6.07) is 15.4. The first-order valence-electron chi connectivity index (χ1n) is 7.11. The number of nitrogens with zero attached hydrogens (tertiary/aromatic N) is 2. The van der Waals surface area contributed by atoms with Crippen molar-refractivity contribution in [3.63, 3.8) is 0 Å². The second-order valence-corrected chi connectivity index (χ2v) is 5.12. The predicted molar refractivity (Wildman–Crippen MR) is 87.9 cm³/mol. The van der Waals surface area contributed by atoms with Crippen LogP contribution in [0.3, 0.4) is 0 Å². The van der Waals surface area contributed by atoms with Gasteiger partial charge >= 0.3 is 0 Å². The molecule has 0 bridgehead atoms. The molecule has 3 aromatic rings. The summed E-state index contributed by atoms with van der Waals surface area (Å²) in [6.45, 7) is 0.220. The lowest BCUT2D eigenvalue weighted by Gasteiger charge is -2.12. The van der Waals surface area contributed by atoms with Gasteiger partial charge in [0, 0.05) is 5.56 Å². The van der Waals surface area contributed by atoms with E-state index in [-0.39, 0.29) is 12.7 Å². The van der Waals surface area contributed by atoms with E-state index in [1.807, 2.05) is 48.5 Å². The highest BCUT2D eigenvalue weighted by atomic mass is 16.7. The molecule has 0 saturated carbocycles. The molecule has 4 rings (SSSR count). The van der Waals surface area contributed by atoms with Crippen molar-refractivity contribution in [1.29, 1.82) is 0 Å². The van der Waals surface area contributed by atoms with Crippen molar-refractivity contribution < 1.29 is 9.47 Å². The maximum Gasteiger partial charge on any atom is 0.231 e. The first-order valence-corrected chi connectivity index (χ1v) is 7.11. The highest BCUT2D eigenvalue weighted by molar-refractivity contribution is 5.88. The van der Waals surface area contributed by atoms with Crippen molar-refractivity contribution in [2.75, 3.05) is 18.3 Å². The summed E-state index contributed by atoms with van der Waals surface area (Å²) in [5, 5.41) is 0. The SMILES string of the molecule is Nc1nc(N)c(-c2ccc3c(c2)OCO3)c(-c2ccccc2)n1. The van der Waals surface area contributed by atoms with E-state index in [9.17, 15) is 0 Å². The van der Waals surface area contributed by atoms with Gasteiger partial charge in [-0.3, -0.25) is 0 Å². The molecule has 1 aliphatic rings. The van der Waals surface area contributed by atoms with Crippen LogP contribution in [0, 0.1) is 0 Å². The summed E-state index contributed by atoms with van der Waals surface area (Å²) in [4.78, 5) is 8.49. The number of hydrogen-bond acceptors (Lipinski definition) is 6. The Labute approximate surface area is 132 Å². The van der Waals surface area contributed by atoms with E-state index in [0.717, 1.165) is 16.7 Å². The third-order valence-corrected chi connectivity index (χ3v) is 3.66. The van der Waals surface area contributed by atoms with Gasteiger partial charge in [-0.2, -0.15) is 4.98 Å².